The smallest absolute Gasteiger partial charge is 0.345 e. The van der Waals surface area contributed by atoms with Gasteiger partial charge in [-0.3, -0.25) is 0 Å². The van der Waals surface area contributed by atoms with Gasteiger partial charge < -0.3 is 9.47 Å². The van der Waals surface area contributed by atoms with E-state index in [1.165, 1.54) is 0 Å². The molecule has 2 aromatic carbocycles. The van der Waals surface area contributed by atoms with Gasteiger partial charge in [0.2, 0.25) is 0 Å². The summed E-state index contributed by atoms with van der Waals surface area (Å²) in [6.07, 6.45) is 0. The molecule has 0 saturated carbocycles. The summed E-state index contributed by atoms with van der Waals surface area (Å²) in [7, 11) is 0. The Kier molecular flexibility index (Phi) is 5.22. The Morgan fingerprint density at radius 3 is 1.35 bits per heavy atom. The first-order chi connectivity index (χ1) is 11.4. The average molecular weight is 387 g/mol. The number of carbonyl (C=O) groups is 2. The summed E-state index contributed by atoms with van der Waals surface area (Å²) in [5.74, 6) is 0.0489. The Labute approximate surface area is 165 Å². The predicted molar refractivity (Wildman–Crippen MR) is 96.6 cm³/mol. The fourth-order valence-corrected chi connectivity index (χ4v) is 3.53. The van der Waals surface area contributed by atoms with Gasteiger partial charge in [-0.1, -0.05) is 19.6 Å². The van der Waals surface area contributed by atoms with Crippen molar-refractivity contribution in [1.82, 2.24) is 0 Å². The van der Waals surface area contributed by atoms with Crippen LogP contribution in [0.5, 0.6) is 11.5 Å². The van der Waals surface area contributed by atoms with Crippen LogP contribution in [0.3, 0.4) is 0 Å². The second kappa shape index (κ2) is 6.78. The Morgan fingerprint density at radius 2 is 1.00 bits per heavy atom. The molecule has 0 amide bonds. The van der Waals surface area contributed by atoms with Crippen LogP contribution in [0.2, 0.25) is 0 Å². The monoisotopic (exact) mass is 387 g/mol. The maximum Gasteiger partial charge on any atom is 0.345 e. The summed E-state index contributed by atoms with van der Waals surface area (Å²) in [6.45, 7) is 7.69. The second-order valence-corrected chi connectivity index (χ2v) is 6.45. The van der Waals surface area contributed by atoms with Gasteiger partial charge in [0.15, 0.2) is 0 Å². The minimum absolute atomic E-state index is 0. The molecule has 0 saturated heterocycles. The molecule has 26 heavy (non-hydrogen) atoms. The maximum absolute atomic E-state index is 12.5. The van der Waals surface area contributed by atoms with E-state index >= 15 is 0 Å². The number of rotatable bonds is 0. The molecule has 5 heteroatoms. The van der Waals surface area contributed by atoms with Crippen molar-refractivity contribution in [2.75, 3.05) is 0 Å². The summed E-state index contributed by atoms with van der Waals surface area (Å²) in [6, 6.07) is 7.66. The van der Waals surface area contributed by atoms with E-state index in [-0.39, 0.29) is 26.0 Å². The van der Waals surface area contributed by atoms with Crippen molar-refractivity contribution in [3.05, 3.63) is 57.6 Å². The minimum Gasteiger partial charge on any atom is -0.422 e. The molecule has 0 bridgehead atoms. The fraction of sp³-hybridized carbons (Fsp3) is 0.238. The number of aryl methyl sites for hydroxylation is 4. The van der Waals surface area contributed by atoms with Crippen LogP contribution in [0.4, 0.5) is 0 Å². The van der Waals surface area contributed by atoms with Crippen LogP contribution < -0.4 is 9.47 Å². The van der Waals surface area contributed by atoms with Gasteiger partial charge in [-0.15, -0.1) is 0 Å². The van der Waals surface area contributed by atoms with Crippen molar-refractivity contribution in [3.63, 3.8) is 0 Å². The van der Waals surface area contributed by atoms with Gasteiger partial charge in [0.05, 0.1) is 11.1 Å². The van der Waals surface area contributed by atoms with Gasteiger partial charge in [0.25, 0.3) is 0 Å². The van der Waals surface area contributed by atoms with Gasteiger partial charge in [-0.25, -0.2) is 9.59 Å². The SMILES string of the molecule is C.Cc1cc(C)c2c(c1)/C(=C1\C(=O)Oc3c(C)cc(C)cc31)C(=O)O2.[V]. The summed E-state index contributed by atoms with van der Waals surface area (Å²) in [5.41, 5.74) is 5.69. The molecule has 0 aliphatic carbocycles. The molecule has 0 N–H and O–H groups in total. The molecule has 2 heterocycles. The molecular formula is C21H20O4V. The topological polar surface area (TPSA) is 52.6 Å². The van der Waals surface area contributed by atoms with Crippen LogP contribution in [0, 0.1) is 27.7 Å². The maximum atomic E-state index is 12.5. The Balaban J connectivity index is 0.00000121. The number of benzene rings is 2. The molecule has 0 aromatic heterocycles. The first kappa shape index (κ1) is 20.0. The predicted octanol–water partition coefficient (Wildman–Crippen LogP) is 4.30. The Hall–Kier alpha value is -2.30. The molecular weight excluding hydrogens is 367 g/mol. The van der Waals surface area contributed by atoms with E-state index in [1.54, 1.807) is 0 Å². The van der Waals surface area contributed by atoms with Crippen LogP contribution >= 0.6 is 0 Å². The van der Waals surface area contributed by atoms with Crippen LogP contribution in [0.1, 0.15) is 40.8 Å². The third kappa shape index (κ3) is 2.79. The minimum atomic E-state index is -0.502. The van der Waals surface area contributed by atoms with Crippen molar-refractivity contribution in [1.29, 1.82) is 0 Å². The number of carbonyl (C=O) groups excluding carboxylic acids is 2. The van der Waals surface area contributed by atoms with E-state index in [2.05, 4.69) is 0 Å². The zero-order valence-electron chi connectivity index (χ0n) is 14.4. The van der Waals surface area contributed by atoms with Crippen LogP contribution in [0.15, 0.2) is 24.3 Å². The van der Waals surface area contributed by atoms with Crippen LogP contribution in [0.25, 0.3) is 11.1 Å². The molecule has 2 aromatic rings. The first-order valence-corrected chi connectivity index (χ1v) is 7.78. The molecule has 4 nitrogen and oxygen atoms in total. The van der Waals surface area contributed by atoms with Crippen LogP contribution in [-0.2, 0) is 28.1 Å². The van der Waals surface area contributed by atoms with Crippen molar-refractivity contribution < 1.29 is 37.6 Å². The third-order valence-corrected chi connectivity index (χ3v) is 4.42. The normalized spacial score (nSPS) is 16.9. The van der Waals surface area contributed by atoms with Gasteiger partial charge >= 0.3 is 11.9 Å². The molecule has 0 spiro atoms. The summed E-state index contributed by atoms with van der Waals surface area (Å²) < 4.78 is 10.9. The van der Waals surface area contributed by atoms with E-state index in [4.69, 9.17) is 9.47 Å². The molecule has 2 aliphatic rings. The van der Waals surface area contributed by atoms with Gasteiger partial charge in [0, 0.05) is 29.7 Å². The zero-order chi connectivity index (χ0) is 17.2. The van der Waals surface area contributed by atoms with Gasteiger partial charge in [-0.2, -0.15) is 0 Å². The Bertz CT molecular complexity index is 906. The van der Waals surface area contributed by atoms with Crippen molar-refractivity contribution in [2.24, 2.45) is 0 Å². The van der Waals surface area contributed by atoms with Gasteiger partial charge in [-0.05, 0) is 62.1 Å². The largest absolute Gasteiger partial charge is 0.422 e. The third-order valence-electron chi connectivity index (χ3n) is 4.42. The zero-order valence-corrected chi connectivity index (χ0v) is 15.8. The molecule has 4 rings (SSSR count). The van der Waals surface area contributed by atoms with E-state index in [0.29, 0.717) is 33.8 Å². The summed E-state index contributed by atoms with van der Waals surface area (Å²) in [4.78, 5) is 25.0. The number of ether oxygens (including phenoxy) is 2. The van der Waals surface area contributed by atoms with Crippen LogP contribution in [-0.4, -0.2) is 11.9 Å². The second-order valence-electron chi connectivity index (χ2n) is 6.45. The fourth-order valence-electron chi connectivity index (χ4n) is 3.53. The molecule has 133 valence electrons. The van der Waals surface area contributed by atoms with Crippen molar-refractivity contribution in [3.8, 4) is 11.5 Å². The van der Waals surface area contributed by atoms with E-state index in [0.717, 1.165) is 22.3 Å². The summed E-state index contributed by atoms with van der Waals surface area (Å²) >= 11 is 0. The summed E-state index contributed by atoms with van der Waals surface area (Å²) in [5, 5.41) is 0. The molecule has 1 radical (unpaired) electrons. The quantitative estimate of drug-likeness (QED) is 0.384. The average Bonchev–Trinajstić information content (AvgIpc) is 2.96. The van der Waals surface area contributed by atoms with E-state index in [9.17, 15) is 9.59 Å². The van der Waals surface area contributed by atoms with E-state index in [1.807, 2.05) is 52.0 Å². The van der Waals surface area contributed by atoms with E-state index < -0.39 is 11.9 Å². The van der Waals surface area contributed by atoms with Gasteiger partial charge in [0.1, 0.15) is 11.5 Å². The number of fused-ring (bicyclic) bond motifs is 2. The van der Waals surface area contributed by atoms with Crippen molar-refractivity contribution >= 4 is 23.1 Å². The number of hydrogen-bond donors (Lipinski definition) is 0. The Morgan fingerprint density at radius 1 is 0.654 bits per heavy atom. The molecule has 0 fully saturated rings. The van der Waals surface area contributed by atoms with Crippen molar-refractivity contribution in [2.45, 2.75) is 35.1 Å². The standard InChI is InChI=1S/C20H16O4.CH4.V/c1-9-5-11(3)17-13(7-9)15(19(21)23-17)16-14-8-10(2)6-12(4)18(14)24-20(16)22;;/h5-8H,1-4H3;1H4;/b16-15+;;. The number of hydrogen-bond acceptors (Lipinski definition) is 4. The first-order valence-electron chi connectivity index (χ1n) is 7.78. The number of esters is 2. The molecule has 2 aliphatic heterocycles. The molecule has 0 atom stereocenters. The molecule has 0 unspecified atom stereocenters.